The fraction of sp³-hybridized carbons (Fsp3) is 0.500. The molecule has 0 aliphatic rings. The van der Waals surface area contributed by atoms with Gasteiger partial charge in [-0.15, -0.1) is 0 Å². The SMILES string of the molecule is O.O=C(O)CC(O)(CC(=O)OC(=O)CC(O)(CC(=O)O)C(=O)O)C(=O)O.[NaH].[NaH].[NaH]. The second-order valence-electron chi connectivity index (χ2n) is 5.01. The van der Waals surface area contributed by atoms with Gasteiger partial charge in [-0.25, -0.2) is 9.59 Å². The number of hydrogen-bond donors (Lipinski definition) is 6. The molecule has 29 heavy (non-hydrogen) atoms. The van der Waals surface area contributed by atoms with E-state index in [0.29, 0.717) is 0 Å². The molecule has 8 N–H and O–H groups in total. The van der Waals surface area contributed by atoms with Crippen molar-refractivity contribution in [2.75, 3.05) is 0 Å². The van der Waals surface area contributed by atoms with Crippen LogP contribution in [0.3, 0.4) is 0 Å². The van der Waals surface area contributed by atoms with Gasteiger partial charge >= 0.3 is 124 Å². The molecule has 0 aliphatic carbocycles. The molecule has 154 valence electrons. The van der Waals surface area contributed by atoms with Crippen molar-refractivity contribution < 1.29 is 69.6 Å². The molecule has 0 radical (unpaired) electrons. The second kappa shape index (κ2) is 16.6. The number of carbonyl (C=O) groups excluding carboxylic acids is 2. The van der Waals surface area contributed by atoms with E-state index in [4.69, 9.17) is 20.4 Å². The molecule has 14 nitrogen and oxygen atoms in total. The van der Waals surface area contributed by atoms with Crippen LogP contribution < -0.4 is 0 Å². The van der Waals surface area contributed by atoms with Gasteiger partial charge in [0.05, 0.1) is 25.7 Å². The zero-order chi connectivity index (χ0) is 20.0. The van der Waals surface area contributed by atoms with E-state index in [0.717, 1.165) is 0 Å². The molecule has 0 aromatic carbocycles. The molecule has 0 rings (SSSR count). The molecule has 0 aliphatic heterocycles. The average molecular weight is 456 g/mol. The molecular formula is C12H19Na3O14. The summed E-state index contributed by atoms with van der Waals surface area (Å²) in [5.41, 5.74) is -6.18. The van der Waals surface area contributed by atoms with Crippen LogP contribution in [0.15, 0.2) is 0 Å². The fourth-order valence-corrected chi connectivity index (χ4v) is 1.60. The van der Waals surface area contributed by atoms with Crippen LogP contribution in [0.5, 0.6) is 0 Å². The Morgan fingerprint density at radius 2 is 0.828 bits per heavy atom. The number of rotatable bonds is 10. The van der Waals surface area contributed by atoms with Crippen LogP contribution >= 0.6 is 0 Å². The Bertz CT molecular complexity index is 571. The molecule has 0 heterocycles. The van der Waals surface area contributed by atoms with Crippen molar-refractivity contribution in [1.29, 1.82) is 0 Å². The number of hydrogen-bond acceptors (Lipinski definition) is 9. The molecule has 0 aromatic heterocycles. The van der Waals surface area contributed by atoms with Crippen molar-refractivity contribution in [2.45, 2.75) is 36.9 Å². The minimum absolute atomic E-state index is 0. The van der Waals surface area contributed by atoms with Crippen LogP contribution in [0.1, 0.15) is 25.7 Å². The van der Waals surface area contributed by atoms with Crippen LogP contribution in [0.25, 0.3) is 0 Å². The third-order valence-corrected chi connectivity index (χ3v) is 2.78. The van der Waals surface area contributed by atoms with Gasteiger partial charge in [0, 0.05) is 0 Å². The van der Waals surface area contributed by atoms with Crippen molar-refractivity contribution in [3.8, 4) is 0 Å². The standard InChI is InChI=1S/C12H14O13.3Na.H2O.3H/c13-5(14)1-11(23,9(19)20)3-7(17)25-8(18)4-12(24,10(21)22)2-6(15)16;;;;;;;/h23-24H,1-4H2,(H,13,14)(H,15,16)(H,19,20)(H,21,22);;;;1H2;;;. The van der Waals surface area contributed by atoms with E-state index in [2.05, 4.69) is 4.74 Å². The van der Waals surface area contributed by atoms with Gasteiger partial charge in [-0.1, -0.05) is 0 Å². The number of ether oxygens (including phenoxy) is 1. The van der Waals surface area contributed by atoms with Gasteiger partial charge in [0.25, 0.3) is 0 Å². The molecule has 0 aromatic rings. The summed E-state index contributed by atoms with van der Waals surface area (Å²) in [6.07, 6.45) is -5.73. The third kappa shape index (κ3) is 14.5. The first-order valence-electron chi connectivity index (χ1n) is 6.30. The van der Waals surface area contributed by atoms with E-state index in [1.165, 1.54) is 0 Å². The summed E-state index contributed by atoms with van der Waals surface area (Å²) < 4.78 is 3.99. The number of carboxylic acid groups (broad SMARTS) is 4. The average Bonchev–Trinajstić information content (AvgIpc) is 2.34. The van der Waals surface area contributed by atoms with Crippen molar-refractivity contribution in [3.05, 3.63) is 0 Å². The van der Waals surface area contributed by atoms with Gasteiger partial charge in [0.15, 0.2) is 11.2 Å². The van der Waals surface area contributed by atoms with E-state index >= 15 is 0 Å². The van der Waals surface area contributed by atoms with Gasteiger partial charge in [-0.05, 0) is 0 Å². The van der Waals surface area contributed by atoms with Crippen molar-refractivity contribution in [1.82, 2.24) is 0 Å². The Kier molecular flexibility index (Phi) is 22.5. The summed E-state index contributed by atoms with van der Waals surface area (Å²) in [5.74, 6) is -11.2. The number of esters is 2. The summed E-state index contributed by atoms with van der Waals surface area (Å²) in [6, 6.07) is 0. The Morgan fingerprint density at radius 1 is 0.586 bits per heavy atom. The summed E-state index contributed by atoms with van der Waals surface area (Å²) >= 11 is 0. The molecule has 0 fully saturated rings. The summed E-state index contributed by atoms with van der Waals surface area (Å²) in [4.78, 5) is 65.5. The van der Waals surface area contributed by atoms with E-state index < -0.39 is 72.7 Å². The normalized spacial score (nSPS) is 13.2. The van der Waals surface area contributed by atoms with Gasteiger partial charge < -0.3 is 40.9 Å². The first kappa shape index (κ1) is 39.4. The van der Waals surface area contributed by atoms with E-state index in [1.807, 2.05) is 0 Å². The van der Waals surface area contributed by atoms with Gasteiger partial charge in [0.1, 0.15) is 0 Å². The summed E-state index contributed by atoms with van der Waals surface area (Å²) in [7, 11) is 0. The Labute approximate surface area is 228 Å². The summed E-state index contributed by atoms with van der Waals surface area (Å²) in [5, 5.41) is 53.6. The molecule has 0 spiro atoms. The molecule has 0 bridgehead atoms. The fourth-order valence-electron chi connectivity index (χ4n) is 1.60. The van der Waals surface area contributed by atoms with Crippen molar-refractivity contribution >= 4 is 124 Å². The topological polar surface area (TPSA) is 265 Å². The summed E-state index contributed by atoms with van der Waals surface area (Å²) in [6.45, 7) is 0. The molecule has 2 unspecified atom stereocenters. The van der Waals surface area contributed by atoms with Crippen molar-refractivity contribution in [2.24, 2.45) is 0 Å². The van der Waals surface area contributed by atoms with Gasteiger partial charge in [-0.3, -0.25) is 19.2 Å². The van der Waals surface area contributed by atoms with Crippen LogP contribution in [0, 0.1) is 0 Å². The van der Waals surface area contributed by atoms with Crippen LogP contribution in [-0.4, -0.2) is 172 Å². The number of carbonyl (C=O) groups is 6. The first-order valence-corrected chi connectivity index (χ1v) is 6.30. The minimum atomic E-state index is -3.09. The number of carboxylic acids is 4. The first-order chi connectivity index (χ1) is 11.2. The molecule has 2 atom stereocenters. The Hall–Kier alpha value is -0.100. The molecule has 17 heteroatoms. The van der Waals surface area contributed by atoms with Crippen LogP contribution in [-0.2, 0) is 33.5 Å². The molecule has 0 amide bonds. The van der Waals surface area contributed by atoms with Gasteiger partial charge in [0.2, 0.25) is 0 Å². The Balaban J connectivity index is -0.000000480. The quantitative estimate of drug-likeness (QED) is 0.102. The van der Waals surface area contributed by atoms with E-state index in [-0.39, 0.29) is 94.1 Å². The Morgan fingerprint density at radius 3 is 1.00 bits per heavy atom. The second-order valence-corrected chi connectivity index (χ2v) is 5.01. The zero-order valence-electron chi connectivity index (χ0n) is 12.9. The predicted octanol–water partition coefficient (Wildman–Crippen LogP) is -5.35. The van der Waals surface area contributed by atoms with E-state index in [9.17, 15) is 39.0 Å². The molecular weight excluding hydrogens is 437 g/mol. The van der Waals surface area contributed by atoms with Gasteiger partial charge in [-0.2, -0.15) is 0 Å². The maximum absolute atomic E-state index is 11.4. The van der Waals surface area contributed by atoms with Crippen molar-refractivity contribution in [3.63, 3.8) is 0 Å². The van der Waals surface area contributed by atoms with Crippen LogP contribution in [0.4, 0.5) is 0 Å². The maximum atomic E-state index is 11.4. The van der Waals surface area contributed by atoms with Crippen LogP contribution in [0.2, 0.25) is 0 Å². The van der Waals surface area contributed by atoms with E-state index in [1.54, 1.807) is 0 Å². The predicted molar refractivity (Wildman–Crippen MR) is 95.1 cm³/mol. The number of aliphatic hydroxyl groups is 2. The molecule has 0 saturated heterocycles. The zero-order valence-corrected chi connectivity index (χ0v) is 12.9. The monoisotopic (exact) mass is 456 g/mol. The molecule has 0 saturated carbocycles. The number of aliphatic carboxylic acids is 4. The third-order valence-electron chi connectivity index (χ3n) is 2.78.